The van der Waals surface area contributed by atoms with E-state index in [9.17, 15) is 9.60 Å². The zero-order chi connectivity index (χ0) is 20.0. The number of rotatable bonds is 5. The Morgan fingerprint density at radius 2 is 2.26 bits per heavy atom. The van der Waals surface area contributed by atoms with E-state index in [0.29, 0.717) is 5.06 Å². The van der Waals surface area contributed by atoms with Gasteiger partial charge in [-0.25, -0.2) is 19.1 Å². The fourth-order valence-corrected chi connectivity index (χ4v) is 2.11. The maximum absolute atomic E-state index is 13.3. The second-order valence-electron chi connectivity index (χ2n) is 5.52. The number of aliphatic imine (C=N–C) groups is 1. The third-order valence-electron chi connectivity index (χ3n) is 3.13. The highest BCUT2D eigenvalue weighted by Gasteiger charge is 2.21. The van der Waals surface area contributed by atoms with Crippen LogP contribution in [0.2, 0.25) is 5.02 Å². The van der Waals surface area contributed by atoms with Crippen LogP contribution in [-0.2, 0) is 6.54 Å². The number of guanidine groups is 1. The molecule has 1 heterocycles. The van der Waals surface area contributed by atoms with Crippen LogP contribution in [0.25, 0.3) is 0 Å². The maximum Gasteiger partial charge on any atom is 0.205 e. The van der Waals surface area contributed by atoms with Crippen LogP contribution in [0.5, 0.6) is 0 Å². The molecule has 10 nitrogen and oxygen atoms in total. The molecule has 1 aromatic heterocycles. The molecule has 0 fully saturated rings. The fourth-order valence-electron chi connectivity index (χ4n) is 1.94. The molecule has 12 heteroatoms. The second kappa shape index (κ2) is 8.93. The van der Waals surface area contributed by atoms with Gasteiger partial charge in [0.25, 0.3) is 0 Å². The van der Waals surface area contributed by atoms with Crippen LogP contribution in [0, 0.1) is 22.7 Å². The maximum atomic E-state index is 13.3. The van der Waals surface area contributed by atoms with Crippen LogP contribution in [0.1, 0.15) is 25.2 Å². The van der Waals surface area contributed by atoms with E-state index in [1.54, 1.807) is 6.19 Å². The van der Waals surface area contributed by atoms with Crippen LogP contribution in [0.4, 0.5) is 10.1 Å². The van der Waals surface area contributed by atoms with E-state index in [0.717, 1.165) is 12.1 Å². The first-order valence-electron chi connectivity index (χ1n) is 7.64. The smallest absolute Gasteiger partial charge is 0.205 e. The molecule has 0 saturated carbocycles. The summed E-state index contributed by atoms with van der Waals surface area (Å²) in [5.74, 6) is -0.927. The zero-order valence-corrected chi connectivity index (χ0v) is 15.1. The molecule has 0 spiro atoms. The van der Waals surface area contributed by atoms with E-state index in [1.165, 1.54) is 6.07 Å². The molecule has 2 aromatic rings. The van der Waals surface area contributed by atoms with Gasteiger partial charge in [-0.3, -0.25) is 15.9 Å². The Hall–Kier alpha value is -3.23. The summed E-state index contributed by atoms with van der Waals surface area (Å²) < 4.78 is 17.9. The summed E-state index contributed by atoms with van der Waals surface area (Å²) in [5.41, 5.74) is 0.120. The number of aromatic nitrogens is 2. The van der Waals surface area contributed by atoms with Gasteiger partial charge in [-0.2, -0.15) is 5.26 Å². The molecular weight excluding hydrogens is 379 g/mol. The van der Waals surface area contributed by atoms with E-state index in [4.69, 9.17) is 22.3 Å². The van der Waals surface area contributed by atoms with Gasteiger partial charge in [0.2, 0.25) is 5.96 Å². The summed E-state index contributed by atoms with van der Waals surface area (Å²) in [6, 6.07) is 3.47. The summed E-state index contributed by atoms with van der Waals surface area (Å²) in [4.78, 5) is 4.14. The Bertz CT molecular complexity index is 892. The zero-order valence-electron chi connectivity index (χ0n) is 14.4. The van der Waals surface area contributed by atoms with Crippen molar-refractivity contribution in [1.82, 2.24) is 20.9 Å². The van der Waals surface area contributed by atoms with Crippen molar-refractivity contribution in [2.75, 3.05) is 5.06 Å². The highest BCUT2D eigenvalue weighted by molar-refractivity contribution is 6.31. The number of benzene rings is 1. The lowest BCUT2D eigenvalue weighted by atomic mass is 10.2. The van der Waals surface area contributed by atoms with E-state index in [1.807, 2.05) is 13.8 Å². The number of amidine groups is 1. The summed E-state index contributed by atoms with van der Waals surface area (Å²) in [6.07, 6.45) is 1.75. The molecule has 0 bridgehead atoms. The normalized spacial score (nSPS) is 11.2. The molecule has 0 amide bonds. The number of hydrogen-bond acceptors (Lipinski definition) is 7. The average molecular weight is 395 g/mol. The van der Waals surface area contributed by atoms with Crippen LogP contribution in [0.15, 0.2) is 27.8 Å². The average Bonchev–Trinajstić information content (AvgIpc) is 3.09. The molecule has 142 valence electrons. The SMILES string of the molecule is CC(C)NC(=NCc1nonc1C(=N)N(O)c1ccc(F)c(Cl)c1)NC#N. The third-order valence-corrected chi connectivity index (χ3v) is 3.42. The molecular formula is C15H16ClFN8O2. The van der Waals surface area contributed by atoms with Gasteiger partial charge in [-0.05, 0) is 37.2 Å². The van der Waals surface area contributed by atoms with E-state index >= 15 is 0 Å². The summed E-state index contributed by atoms with van der Waals surface area (Å²) in [5, 5.41) is 39.8. The van der Waals surface area contributed by atoms with E-state index < -0.39 is 11.7 Å². The van der Waals surface area contributed by atoms with Crippen LogP contribution in [0.3, 0.4) is 0 Å². The van der Waals surface area contributed by atoms with Gasteiger partial charge in [0, 0.05) is 6.04 Å². The minimum Gasteiger partial charge on any atom is -0.353 e. The van der Waals surface area contributed by atoms with Gasteiger partial charge in [0.15, 0.2) is 17.7 Å². The molecule has 27 heavy (non-hydrogen) atoms. The predicted octanol–water partition coefficient (Wildman–Crippen LogP) is 2.01. The quantitative estimate of drug-likeness (QED) is 0.198. The van der Waals surface area contributed by atoms with Crippen molar-refractivity contribution in [2.45, 2.75) is 26.4 Å². The number of hydroxylamine groups is 1. The molecule has 4 N–H and O–H groups in total. The van der Waals surface area contributed by atoms with Crippen molar-refractivity contribution in [2.24, 2.45) is 4.99 Å². The van der Waals surface area contributed by atoms with Gasteiger partial charge in [-0.15, -0.1) is 0 Å². The lowest BCUT2D eigenvalue weighted by molar-refractivity contribution is 0.298. The predicted molar refractivity (Wildman–Crippen MR) is 95.0 cm³/mol. The Morgan fingerprint density at radius 3 is 2.89 bits per heavy atom. The van der Waals surface area contributed by atoms with Gasteiger partial charge >= 0.3 is 0 Å². The molecule has 1 aromatic carbocycles. The lowest BCUT2D eigenvalue weighted by Gasteiger charge is -2.16. The standard InChI is InChI=1S/C15H16ClFN8O2/c1-8(2)22-15(21-7-18)20-6-12-13(24-27-23-12)14(19)25(26)9-3-4-11(17)10(16)5-9/h3-5,8,19,26H,6H2,1-2H3,(H2,20,21,22). The molecule has 0 aliphatic carbocycles. The van der Waals surface area contributed by atoms with Gasteiger partial charge in [0.05, 0.1) is 17.3 Å². The molecule has 0 unspecified atom stereocenters. The highest BCUT2D eigenvalue weighted by atomic mass is 35.5. The monoisotopic (exact) mass is 394 g/mol. The number of halogens is 2. The van der Waals surface area contributed by atoms with E-state index in [2.05, 4.69) is 30.6 Å². The first-order valence-corrected chi connectivity index (χ1v) is 8.01. The summed E-state index contributed by atoms with van der Waals surface area (Å²) in [6.45, 7) is 3.65. The van der Waals surface area contributed by atoms with Gasteiger partial charge in [-0.1, -0.05) is 16.8 Å². The Balaban J connectivity index is 2.20. The second-order valence-corrected chi connectivity index (χ2v) is 5.93. The van der Waals surface area contributed by atoms with Crippen molar-refractivity contribution in [1.29, 1.82) is 10.7 Å². The largest absolute Gasteiger partial charge is 0.353 e. The topological polar surface area (TPSA) is 146 Å². The summed E-state index contributed by atoms with van der Waals surface area (Å²) >= 11 is 5.69. The first kappa shape index (κ1) is 20.1. The van der Waals surface area contributed by atoms with Crippen molar-refractivity contribution >= 4 is 29.1 Å². The van der Waals surface area contributed by atoms with E-state index in [-0.39, 0.29) is 40.6 Å². The molecule has 0 atom stereocenters. The molecule has 0 saturated heterocycles. The van der Waals surface area contributed by atoms with Gasteiger partial charge < -0.3 is 5.32 Å². The Morgan fingerprint density at radius 1 is 1.52 bits per heavy atom. The van der Waals surface area contributed by atoms with Crippen LogP contribution in [-0.4, -0.2) is 33.4 Å². The number of nitrogens with one attached hydrogen (secondary N) is 3. The number of nitriles is 1. The Kier molecular flexibility index (Phi) is 6.64. The summed E-state index contributed by atoms with van der Waals surface area (Å²) in [7, 11) is 0. The van der Waals surface area contributed by atoms with Crippen molar-refractivity contribution in [3.05, 3.63) is 40.4 Å². The molecule has 0 aliphatic rings. The van der Waals surface area contributed by atoms with Crippen molar-refractivity contribution in [3.8, 4) is 6.19 Å². The number of hydrogen-bond donors (Lipinski definition) is 4. The minimum atomic E-state index is -0.659. The molecule has 0 aliphatic heterocycles. The lowest BCUT2D eigenvalue weighted by Crippen LogP contribution is -2.39. The van der Waals surface area contributed by atoms with Gasteiger partial charge in [0.1, 0.15) is 11.5 Å². The fraction of sp³-hybridized carbons (Fsp3) is 0.267. The third kappa shape index (κ3) is 5.13. The van der Waals surface area contributed by atoms with Crippen LogP contribution < -0.4 is 15.7 Å². The van der Waals surface area contributed by atoms with Crippen molar-refractivity contribution in [3.63, 3.8) is 0 Å². The highest BCUT2D eigenvalue weighted by Crippen LogP contribution is 2.23. The first-order chi connectivity index (χ1) is 12.8. The van der Waals surface area contributed by atoms with Crippen LogP contribution >= 0.6 is 11.6 Å². The Labute approximate surface area is 158 Å². The number of nitrogens with zero attached hydrogens (tertiary/aromatic N) is 5. The van der Waals surface area contributed by atoms with Crippen molar-refractivity contribution < 1.29 is 14.2 Å². The minimum absolute atomic E-state index is 0.0222. The molecule has 0 radical (unpaired) electrons. The molecule has 2 rings (SSSR count). The number of anilines is 1.